The lowest BCUT2D eigenvalue weighted by Gasteiger charge is -2.07. The van der Waals surface area contributed by atoms with Gasteiger partial charge < -0.3 is 11.2 Å². The number of aromatic nitrogens is 3. The number of carbonyl (C=O) groups excluding carboxylic acids is 1. The number of carbonyl (C=O) groups is 1. The number of halogens is 2. The summed E-state index contributed by atoms with van der Waals surface area (Å²) in [6.07, 6.45) is 0. The van der Waals surface area contributed by atoms with Gasteiger partial charge in [-0.1, -0.05) is 30.0 Å². The number of nitrogens with zero attached hydrogens (tertiary/aromatic N) is 3. The highest BCUT2D eigenvalue weighted by Crippen LogP contribution is 2.23. The molecule has 0 saturated heterocycles. The highest BCUT2D eigenvalue weighted by molar-refractivity contribution is 7.99. The van der Waals surface area contributed by atoms with Crippen molar-refractivity contribution in [1.82, 2.24) is 14.9 Å². The zero-order valence-corrected chi connectivity index (χ0v) is 14.6. The Morgan fingerprint density at radius 2 is 1.96 bits per heavy atom. The number of nitrogens with two attached hydrogens (primary N) is 1. The van der Waals surface area contributed by atoms with Crippen molar-refractivity contribution in [3.05, 3.63) is 59.7 Å². The van der Waals surface area contributed by atoms with E-state index >= 15 is 0 Å². The first kappa shape index (κ1) is 17.9. The number of benzene rings is 2. The van der Waals surface area contributed by atoms with Crippen molar-refractivity contribution in [2.24, 2.45) is 0 Å². The van der Waals surface area contributed by atoms with Gasteiger partial charge in [-0.2, -0.15) is 0 Å². The lowest BCUT2D eigenvalue weighted by atomic mass is 10.2. The molecule has 0 aliphatic rings. The predicted octanol–water partition coefficient (Wildman–Crippen LogP) is 2.98. The Labute approximate surface area is 152 Å². The molecule has 3 rings (SSSR count). The molecule has 0 fully saturated rings. The fourth-order valence-corrected chi connectivity index (χ4v) is 2.86. The maximum Gasteiger partial charge on any atom is 0.234 e. The number of amides is 1. The molecule has 1 heterocycles. The molecule has 1 aromatic heterocycles. The van der Waals surface area contributed by atoms with E-state index in [1.165, 1.54) is 18.2 Å². The molecule has 0 aliphatic heterocycles. The number of aryl methyl sites for hydroxylation is 1. The molecule has 9 heteroatoms. The Hall–Kier alpha value is -2.94. The van der Waals surface area contributed by atoms with E-state index in [4.69, 9.17) is 5.84 Å². The zero-order valence-electron chi connectivity index (χ0n) is 13.7. The van der Waals surface area contributed by atoms with Crippen LogP contribution in [0.2, 0.25) is 0 Å². The first-order valence-electron chi connectivity index (χ1n) is 7.60. The van der Waals surface area contributed by atoms with Gasteiger partial charge in [-0.3, -0.25) is 4.79 Å². The average molecular weight is 375 g/mol. The van der Waals surface area contributed by atoms with Crippen molar-refractivity contribution in [1.29, 1.82) is 0 Å². The van der Waals surface area contributed by atoms with Gasteiger partial charge in [-0.25, -0.2) is 13.5 Å². The third-order valence-corrected chi connectivity index (χ3v) is 4.51. The highest BCUT2D eigenvalue weighted by atomic mass is 32.2. The van der Waals surface area contributed by atoms with E-state index in [1.807, 2.05) is 0 Å². The van der Waals surface area contributed by atoms with Crippen LogP contribution in [0.25, 0.3) is 11.4 Å². The van der Waals surface area contributed by atoms with Crippen molar-refractivity contribution >= 4 is 23.4 Å². The minimum atomic E-state index is -0.470. The first-order chi connectivity index (χ1) is 12.5. The Morgan fingerprint density at radius 1 is 1.19 bits per heavy atom. The topological polar surface area (TPSA) is 85.8 Å². The van der Waals surface area contributed by atoms with Crippen LogP contribution in [0.4, 0.5) is 14.5 Å². The van der Waals surface area contributed by atoms with Crippen LogP contribution < -0.4 is 11.2 Å². The fraction of sp³-hybridized carbons (Fsp3) is 0.118. The van der Waals surface area contributed by atoms with Crippen LogP contribution in [0.1, 0.15) is 5.56 Å². The lowest BCUT2D eigenvalue weighted by Crippen LogP contribution is -2.16. The van der Waals surface area contributed by atoms with Gasteiger partial charge in [0, 0.05) is 5.69 Å². The van der Waals surface area contributed by atoms with Crippen molar-refractivity contribution in [2.75, 3.05) is 16.9 Å². The summed E-state index contributed by atoms with van der Waals surface area (Å²) in [7, 11) is 0. The molecule has 0 radical (unpaired) electrons. The van der Waals surface area contributed by atoms with Gasteiger partial charge in [0.25, 0.3) is 0 Å². The molecule has 0 atom stereocenters. The molecule has 1 amide bonds. The SMILES string of the molecule is Cc1ccc(NC(=O)CSc2nnc(-c3ccccc3F)n2N)cc1F. The number of hydrogen-bond acceptors (Lipinski definition) is 5. The number of nitrogens with one attached hydrogen (secondary N) is 1. The standard InChI is InChI=1S/C17H15F2N5OS/c1-10-6-7-11(8-14(10)19)21-15(25)9-26-17-23-22-16(24(17)20)12-4-2-3-5-13(12)18/h2-8H,9,20H2,1H3,(H,21,25). The van der Waals surface area contributed by atoms with E-state index in [-0.39, 0.29) is 28.2 Å². The van der Waals surface area contributed by atoms with E-state index in [9.17, 15) is 13.6 Å². The summed E-state index contributed by atoms with van der Waals surface area (Å²) in [6, 6.07) is 10.5. The van der Waals surface area contributed by atoms with Gasteiger partial charge >= 0.3 is 0 Å². The molecule has 6 nitrogen and oxygen atoms in total. The van der Waals surface area contributed by atoms with Crippen molar-refractivity contribution in [3.63, 3.8) is 0 Å². The second kappa shape index (κ2) is 7.52. The normalized spacial score (nSPS) is 10.7. The molecule has 26 heavy (non-hydrogen) atoms. The van der Waals surface area contributed by atoms with Crippen LogP contribution >= 0.6 is 11.8 Å². The summed E-state index contributed by atoms with van der Waals surface area (Å²) in [5.74, 6) is 4.83. The Bertz CT molecular complexity index is 960. The Kier molecular flexibility index (Phi) is 5.17. The molecule has 0 spiro atoms. The van der Waals surface area contributed by atoms with Crippen molar-refractivity contribution in [3.8, 4) is 11.4 Å². The second-order valence-electron chi connectivity index (χ2n) is 5.46. The van der Waals surface area contributed by atoms with Gasteiger partial charge in [0.1, 0.15) is 11.6 Å². The van der Waals surface area contributed by atoms with Crippen molar-refractivity contribution in [2.45, 2.75) is 12.1 Å². The largest absolute Gasteiger partial charge is 0.335 e. The van der Waals surface area contributed by atoms with Gasteiger partial charge in [0.2, 0.25) is 11.1 Å². The molecular formula is C17H15F2N5OS. The number of nitrogen functional groups attached to an aromatic ring is 1. The molecule has 2 aromatic carbocycles. The van der Waals surface area contributed by atoms with Crippen molar-refractivity contribution < 1.29 is 13.6 Å². The number of hydrogen-bond donors (Lipinski definition) is 2. The second-order valence-corrected chi connectivity index (χ2v) is 6.40. The highest BCUT2D eigenvalue weighted by Gasteiger charge is 2.16. The minimum Gasteiger partial charge on any atom is -0.335 e. The number of anilines is 1. The maximum atomic E-state index is 13.8. The van der Waals surface area contributed by atoms with E-state index in [0.717, 1.165) is 16.4 Å². The quantitative estimate of drug-likeness (QED) is 0.529. The van der Waals surface area contributed by atoms with Crippen LogP contribution in [-0.2, 0) is 4.79 Å². The molecule has 134 valence electrons. The summed E-state index contributed by atoms with van der Waals surface area (Å²) in [5, 5.41) is 10.6. The molecule has 0 saturated carbocycles. The summed E-state index contributed by atoms with van der Waals surface area (Å²) in [6.45, 7) is 1.64. The molecular weight excluding hydrogens is 360 g/mol. The van der Waals surface area contributed by atoms with E-state index in [1.54, 1.807) is 31.2 Å². The van der Waals surface area contributed by atoms with Crippen LogP contribution in [-0.4, -0.2) is 26.5 Å². The average Bonchev–Trinajstić information content (AvgIpc) is 2.97. The van der Waals surface area contributed by atoms with Crippen LogP contribution in [0.15, 0.2) is 47.6 Å². The Morgan fingerprint density at radius 3 is 2.69 bits per heavy atom. The van der Waals surface area contributed by atoms with E-state index < -0.39 is 11.6 Å². The summed E-state index contributed by atoms with van der Waals surface area (Å²) >= 11 is 1.04. The van der Waals surface area contributed by atoms with Gasteiger partial charge in [-0.05, 0) is 36.8 Å². The third kappa shape index (κ3) is 3.83. The van der Waals surface area contributed by atoms with Gasteiger partial charge in [0.05, 0.1) is 11.3 Å². The smallest absolute Gasteiger partial charge is 0.234 e. The summed E-state index contributed by atoms with van der Waals surface area (Å²) in [4.78, 5) is 12.0. The molecule has 0 unspecified atom stereocenters. The molecule has 0 bridgehead atoms. The van der Waals surface area contributed by atoms with E-state index in [2.05, 4.69) is 15.5 Å². The zero-order chi connectivity index (χ0) is 18.7. The molecule has 3 N–H and O–H groups in total. The summed E-state index contributed by atoms with van der Waals surface area (Å²) < 4.78 is 28.5. The van der Waals surface area contributed by atoms with E-state index in [0.29, 0.717) is 11.3 Å². The van der Waals surface area contributed by atoms with Crippen LogP contribution in [0, 0.1) is 18.6 Å². The number of thioether (sulfide) groups is 1. The van der Waals surface area contributed by atoms with Gasteiger partial charge in [0.15, 0.2) is 5.82 Å². The van der Waals surface area contributed by atoms with Crippen LogP contribution in [0.5, 0.6) is 0 Å². The minimum absolute atomic E-state index is 0.0118. The fourth-order valence-electron chi connectivity index (χ4n) is 2.20. The lowest BCUT2D eigenvalue weighted by molar-refractivity contribution is -0.113. The number of rotatable bonds is 5. The summed E-state index contributed by atoms with van der Waals surface area (Å²) in [5.41, 5.74) is 1.07. The maximum absolute atomic E-state index is 13.8. The molecule has 3 aromatic rings. The molecule has 0 aliphatic carbocycles. The Balaban J connectivity index is 1.66. The monoisotopic (exact) mass is 375 g/mol. The van der Waals surface area contributed by atoms with Gasteiger partial charge in [-0.15, -0.1) is 10.2 Å². The third-order valence-electron chi connectivity index (χ3n) is 3.57. The first-order valence-corrected chi connectivity index (χ1v) is 8.58. The van der Waals surface area contributed by atoms with Crippen LogP contribution in [0.3, 0.4) is 0 Å². The predicted molar refractivity (Wildman–Crippen MR) is 96.1 cm³/mol.